The Balaban J connectivity index is 2.60. The highest BCUT2D eigenvalue weighted by atomic mass is 16.3. The Morgan fingerprint density at radius 2 is 2.07 bits per heavy atom. The Bertz CT molecular complexity index is 308. The van der Waals surface area contributed by atoms with Crippen LogP contribution in [0.3, 0.4) is 0 Å². The minimum absolute atomic E-state index is 0.182. The third kappa shape index (κ3) is 2.74. The average Bonchev–Trinajstić information content (AvgIpc) is 2.20. The van der Waals surface area contributed by atoms with Crippen molar-refractivity contribution in [3.63, 3.8) is 0 Å². The zero-order chi connectivity index (χ0) is 10.6. The van der Waals surface area contributed by atoms with E-state index in [-0.39, 0.29) is 11.7 Å². The predicted molar refractivity (Wildman–Crippen MR) is 53.9 cm³/mol. The maximum Gasteiger partial charge on any atom is 0.237 e. The van der Waals surface area contributed by atoms with Crippen LogP contribution >= 0.6 is 0 Å². The van der Waals surface area contributed by atoms with Gasteiger partial charge in [0.1, 0.15) is 5.75 Å². The number of phenolic OH excluding ortho intramolecular Hbond substituents is 1. The lowest BCUT2D eigenvalue weighted by molar-refractivity contribution is -0.121. The van der Waals surface area contributed by atoms with Crippen LogP contribution < -0.4 is 11.1 Å². The second kappa shape index (κ2) is 4.62. The van der Waals surface area contributed by atoms with Crippen LogP contribution in [0.4, 0.5) is 0 Å². The van der Waals surface area contributed by atoms with Crippen LogP contribution in [0, 0.1) is 0 Å². The topological polar surface area (TPSA) is 75.4 Å². The fourth-order valence-electron chi connectivity index (χ4n) is 1.16. The van der Waals surface area contributed by atoms with Gasteiger partial charge in [-0.2, -0.15) is 0 Å². The number of nitrogens with two attached hydrogens (primary N) is 1. The summed E-state index contributed by atoms with van der Waals surface area (Å²) < 4.78 is 0. The summed E-state index contributed by atoms with van der Waals surface area (Å²) in [5.41, 5.74) is 6.55. The Morgan fingerprint density at radius 1 is 1.50 bits per heavy atom. The molecule has 4 heteroatoms. The van der Waals surface area contributed by atoms with E-state index in [1.165, 1.54) is 0 Å². The van der Waals surface area contributed by atoms with E-state index in [4.69, 9.17) is 10.8 Å². The molecule has 1 aromatic rings. The number of hydrogen-bond acceptors (Lipinski definition) is 3. The summed E-state index contributed by atoms with van der Waals surface area (Å²) in [6.07, 6.45) is 0.472. The van der Waals surface area contributed by atoms with E-state index in [1.807, 2.05) is 0 Å². The van der Waals surface area contributed by atoms with Gasteiger partial charge in [-0.15, -0.1) is 0 Å². The van der Waals surface area contributed by atoms with Crippen LogP contribution in [-0.2, 0) is 11.2 Å². The number of nitrogens with one attached hydrogen (secondary N) is 1. The van der Waals surface area contributed by atoms with Gasteiger partial charge in [-0.3, -0.25) is 4.79 Å². The van der Waals surface area contributed by atoms with Crippen molar-refractivity contribution >= 4 is 5.91 Å². The molecular formula is C10H14N2O2. The van der Waals surface area contributed by atoms with Gasteiger partial charge in [0.15, 0.2) is 0 Å². The highest BCUT2D eigenvalue weighted by Gasteiger charge is 2.11. The van der Waals surface area contributed by atoms with Gasteiger partial charge in [-0.25, -0.2) is 0 Å². The molecule has 0 fully saturated rings. The summed E-state index contributed by atoms with van der Waals surface area (Å²) >= 11 is 0. The zero-order valence-electron chi connectivity index (χ0n) is 8.03. The molecule has 0 heterocycles. The molecule has 1 aromatic carbocycles. The largest absolute Gasteiger partial charge is 0.508 e. The van der Waals surface area contributed by atoms with Crippen molar-refractivity contribution in [3.05, 3.63) is 29.8 Å². The van der Waals surface area contributed by atoms with Crippen LogP contribution in [0.15, 0.2) is 24.3 Å². The normalized spacial score (nSPS) is 12.1. The molecule has 0 saturated heterocycles. The average molecular weight is 194 g/mol. The van der Waals surface area contributed by atoms with Crippen molar-refractivity contribution < 1.29 is 9.90 Å². The van der Waals surface area contributed by atoms with E-state index < -0.39 is 6.04 Å². The summed E-state index contributed by atoms with van der Waals surface area (Å²) in [4.78, 5) is 11.1. The van der Waals surface area contributed by atoms with Crippen LogP contribution in [0.25, 0.3) is 0 Å². The van der Waals surface area contributed by atoms with Crippen molar-refractivity contribution in [1.29, 1.82) is 0 Å². The zero-order valence-corrected chi connectivity index (χ0v) is 8.03. The lowest BCUT2D eigenvalue weighted by Crippen LogP contribution is -2.40. The number of carbonyl (C=O) groups is 1. The van der Waals surface area contributed by atoms with E-state index in [0.29, 0.717) is 6.42 Å². The van der Waals surface area contributed by atoms with E-state index in [9.17, 15) is 4.79 Å². The van der Waals surface area contributed by atoms with Gasteiger partial charge in [0.25, 0.3) is 0 Å². The molecule has 0 unspecified atom stereocenters. The molecule has 76 valence electrons. The molecule has 14 heavy (non-hydrogen) atoms. The van der Waals surface area contributed by atoms with Crippen LogP contribution in [0.5, 0.6) is 5.75 Å². The highest BCUT2D eigenvalue weighted by Crippen LogP contribution is 2.10. The number of likely N-dealkylation sites (N-methyl/N-ethyl adjacent to an activating group) is 1. The molecule has 1 amide bonds. The first-order valence-corrected chi connectivity index (χ1v) is 4.38. The van der Waals surface area contributed by atoms with Gasteiger partial charge in [0.2, 0.25) is 5.91 Å². The van der Waals surface area contributed by atoms with E-state index in [0.717, 1.165) is 5.56 Å². The van der Waals surface area contributed by atoms with Crippen molar-refractivity contribution in [1.82, 2.24) is 5.32 Å². The maximum atomic E-state index is 11.1. The monoisotopic (exact) mass is 194 g/mol. The van der Waals surface area contributed by atoms with Crippen LogP contribution in [0.2, 0.25) is 0 Å². The van der Waals surface area contributed by atoms with Gasteiger partial charge in [-0.1, -0.05) is 12.1 Å². The smallest absolute Gasteiger partial charge is 0.237 e. The molecular weight excluding hydrogens is 180 g/mol. The second-order valence-electron chi connectivity index (χ2n) is 3.09. The van der Waals surface area contributed by atoms with Crippen molar-refractivity contribution in [2.24, 2.45) is 5.73 Å². The molecule has 0 radical (unpaired) electrons. The Morgan fingerprint density at radius 3 is 2.57 bits per heavy atom. The Kier molecular flexibility index (Phi) is 3.48. The Hall–Kier alpha value is -1.55. The molecule has 1 rings (SSSR count). The van der Waals surface area contributed by atoms with Gasteiger partial charge < -0.3 is 16.2 Å². The predicted octanol–water partition coefficient (Wildman–Crippen LogP) is 0.00800. The first kappa shape index (κ1) is 10.5. The maximum absolute atomic E-state index is 11.1. The molecule has 4 N–H and O–H groups in total. The lowest BCUT2D eigenvalue weighted by atomic mass is 10.1. The van der Waals surface area contributed by atoms with E-state index >= 15 is 0 Å². The Labute approximate surface area is 82.7 Å². The second-order valence-corrected chi connectivity index (χ2v) is 3.09. The SMILES string of the molecule is CNC(=O)[C@H](N)Cc1ccc(O)cc1. The third-order valence-electron chi connectivity index (χ3n) is 1.98. The number of hydrogen-bond donors (Lipinski definition) is 3. The number of aromatic hydroxyl groups is 1. The van der Waals surface area contributed by atoms with Crippen molar-refractivity contribution in [2.45, 2.75) is 12.5 Å². The number of carbonyl (C=O) groups excluding carboxylic acids is 1. The van der Waals surface area contributed by atoms with Gasteiger partial charge in [-0.05, 0) is 24.1 Å². The highest BCUT2D eigenvalue weighted by molar-refractivity contribution is 5.81. The van der Waals surface area contributed by atoms with Crippen molar-refractivity contribution in [2.75, 3.05) is 7.05 Å². The fraction of sp³-hybridized carbons (Fsp3) is 0.300. The number of amides is 1. The molecule has 0 aromatic heterocycles. The fourth-order valence-corrected chi connectivity index (χ4v) is 1.16. The van der Waals surface area contributed by atoms with E-state index in [1.54, 1.807) is 31.3 Å². The number of rotatable bonds is 3. The molecule has 0 aliphatic rings. The lowest BCUT2D eigenvalue weighted by Gasteiger charge is -2.09. The third-order valence-corrected chi connectivity index (χ3v) is 1.98. The van der Waals surface area contributed by atoms with Gasteiger partial charge in [0.05, 0.1) is 6.04 Å². The number of benzene rings is 1. The van der Waals surface area contributed by atoms with Crippen LogP contribution in [-0.4, -0.2) is 24.1 Å². The minimum atomic E-state index is -0.537. The molecule has 0 bridgehead atoms. The number of phenols is 1. The molecule has 4 nitrogen and oxygen atoms in total. The molecule has 0 aliphatic heterocycles. The first-order valence-electron chi connectivity index (χ1n) is 4.38. The summed E-state index contributed by atoms with van der Waals surface area (Å²) in [5.74, 6) is 0.0281. The molecule has 0 aliphatic carbocycles. The quantitative estimate of drug-likeness (QED) is 0.634. The van der Waals surface area contributed by atoms with Gasteiger partial charge in [0, 0.05) is 7.05 Å². The standard InChI is InChI=1S/C10H14N2O2/c1-12-10(14)9(11)6-7-2-4-8(13)5-3-7/h2-5,9,13H,6,11H2,1H3,(H,12,14)/t9-/m1/s1. The summed E-state index contributed by atoms with van der Waals surface area (Å²) in [5, 5.41) is 11.5. The first-order chi connectivity index (χ1) is 6.63. The summed E-state index contributed by atoms with van der Waals surface area (Å²) in [7, 11) is 1.55. The van der Waals surface area contributed by atoms with Crippen molar-refractivity contribution in [3.8, 4) is 5.75 Å². The minimum Gasteiger partial charge on any atom is -0.508 e. The molecule has 0 spiro atoms. The molecule has 1 atom stereocenters. The van der Waals surface area contributed by atoms with Gasteiger partial charge >= 0.3 is 0 Å². The van der Waals surface area contributed by atoms with E-state index in [2.05, 4.69) is 5.32 Å². The summed E-state index contributed by atoms with van der Waals surface area (Å²) in [6.45, 7) is 0. The summed E-state index contributed by atoms with van der Waals surface area (Å²) in [6, 6.07) is 6.11. The van der Waals surface area contributed by atoms with Crippen LogP contribution in [0.1, 0.15) is 5.56 Å². The molecule has 0 saturated carbocycles.